The van der Waals surface area contributed by atoms with Crippen LogP contribution in [0.25, 0.3) is 0 Å². The number of hydrogen-bond acceptors (Lipinski definition) is 4. The molecule has 4 rings (SSSR count). The molecule has 1 amide bonds. The van der Waals surface area contributed by atoms with Gasteiger partial charge in [-0.05, 0) is 48.5 Å². The predicted molar refractivity (Wildman–Crippen MR) is 114 cm³/mol. The Kier molecular flexibility index (Phi) is 5.44. The Morgan fingerprint density at radius 1 is 0.857 bits per heavy atom. The maximum atomic E-state index is 12.8. The first kappa shape index (κ1) is 18.3. The predicted octanol–water partition coefficient (Wildman–Crippen LogP) is 4.44. The van der Waals surface area contributed by atoms with Crippen LogP contribution in [0, 0.1) is 0 Å². The number of pyridine rings is 1. The van der Waals surface area contributed by atoms with E-state index in [-0.39, 0.29) is 5.91 Å². The summed E-state index contributed by atoms with van der Waals surface area (Å²) in [6, 6.07) is 21.4. The molecule has 0 aliphatic carbocycles. The molecule has 6 heteroatoms. The number of anilines is 3. The van der Waals surface area contributed by atoms with Crippen molar-refractivity contribution < 1.29 is 4.79 Å². The SMILES string of the molecule is O=C(c1ccc(Nc2ccc(Cl)cc2)cn1)N1CCN(c2ccccc2)CC1. The Labute approximate surface area is 169 Å². The Hall–Kier alpha value is -3.05. The summed E-state index contributed by atoms with van der Waals surface area (Å²) in [6.45, 7) is 3.04. The molecular weight excluding hydrogens is 372 g/mol. The minimum absolute atomic E-state index is 0.0224. The molecule has 0 unspecified atom stereocenters. The molecule has 28 heavy (non-hydrogen) atoms. The number of piperazine rings is 1. The lowest BCUT2D eigenvalue weighted by atomic mass is 10.2. The maximum absolute atomic E-state index is 12.8. The molecule has 1 aliphatic rings. The molecule has 1 aromatic heterocycles. The first-order valence-electron chi connectivity index (χ1n) is 9.27. The van der Waals surface area contributed by atoms with Crippen LogP contribution in [0.4, 0.5) is 17.1 Å². The van der Waals surface area contributed by atoms with Crippen LogP contribution in [0.2, 0.25) is 5.02 Å². The molecule has 2 heterocycles. The van der Waals surface area contributed by atoms with Crippen molar-refractivity contribution in [2.45, 2.75) is 0 Å². The minimum Gasteiger partial charge on any atom is -0.368 e. The Morgan fingerprint density at radius 3 is 2.18 bits per heavy atom. The van der Waals surface area contributed by atoms with Gasteiger partial charge in [0.25, 0.3) is 5.91 Å². The number of halogens is 1. The number of carbonyl (C=O) groups is 1. The fourth-order valence-electron chi connectivity index (χ4n) is 3.26. The van der Waals surface area contributed by atoms with Crippen molar-refractivity contribution >= 4 is 34.6 Å². The number of benzene rings is 2. The van der Waals surface area contributed by atoms with E-state index in [2.05, 4.69) is 27.3 Å². The lowest BCUT2D eigenvalue weighted by molar-refractivity contribution is 0.0741. The molecule has 0 atom stereocenters. The van der Waals surface area contributed by atoms with E-state index in [4.69, 9.17) is 11.6 Å². The summed E-state index contributed by atoms with van der Waals surface area (Å²) in [5, 5.41) is 3.94. The molecular formula is C22H21ClN4O. The lowest BCUT2D eigenvalue weighted by Gasteiger charge is -2.36. The molecule has 2 aromatic carbocycles. The summed E-state index contributed by atoms with van der Waals surface area (Å²) in [5.41, 5.74) is 3.41. The largest absolute Gasteiger partial charge is 0.368 e. The van der Waals surface area contributed by atoms with Crippen LogP contribution in [0.5, 0.6) is 0 Å². The van der Waals surface area contributed by atoms with Gasteiger partial charge < -0.3 is 15.1 Å². The molecule has 1 fully saturated rings. The molecule has 142 valence electrons. The van der Waals surface area contributed by atoms with Gasteiger partial charge in [0, 0.05) is 42.6 Å². The van der Waals surface area contributed by atoms with Gasteiger partial charge in [0.05, 0.1) is 11.9 Å². The van der Waals surface area contributed by atoms with Crippen molar-refractivity contribution in [3.05, 3.63) is 83.6 Å². The molecule has 1 N–H and O–H groups in total. The van der Waals surface area contributed by atoms with E-state index in [1.54, 1.807) is 12.3 Å². The topological polar surface area (TPSA) is 48.5 Å². The average molecular weight is 393 g/mol. The molecule has 0 saturated carbocycles. The van der Waals surface area contributed by atoms with Crippen molar-refractivity contribution in [2.24, 2.45) is 0 Å². The number of rotatable bonds is 4. The van der Waals surface area contributed by atoms with Gasteiger partial charge in [0.1, 0.15) is 5.69 Å². The van der Waals surface area contributed by atoms with Crippen molar-refractivity contribution in [3.8, 4) is 0 Å². The van der Waals surface area contributed by atoms with Crippen molar-refractivity contribution in [1.29, 1.82) is 0 Å². The molecule has 5 nitrogen and oxygen atoms in total. The van der Waals surface area contributed by atoms with Crippen LogP contribution in [0.3, 0.4) is 0 Å². The van der Waals surface area contributed by atoms with E-state index in [1.165, 1.54) is 5.69 Å². The number of para-hydroxylation sites is 1. The highest BCUT2D eigenvalue weighted by Crippen LogP contribution is 2.20. The van der Waals surface area contributed by atoms with Gasteiger partial charge in [0.15, 0.2) is 0 Å². The Morgan fingerprint density at radius 2 is 1.54 bits per heavy atom. The number of amides is 1. The van der Waals surface area contributed by atoms with Crippen LogP contribution in [-0.2, 0) is 0 Å². The normalized spacial score (nSPS) is 14.0. The summed E-state index contributed by atoms with van der Waals surface area (Å²) >= 11 is 5.90. The first-order valence-corrected chi connectivity index (χ1v) is 9.65. The third kappa shape index (κ3) is 4.26. The number of hydrogen-bond donors (Lipinski definition) is 1. The number of carbonyl (C=O) groups excluding carboxylic acids is 1. The highest BCUT2D eigenvalue weighted by Gasteiger charge is 2.23. The summed E-state index contributed by atoms with van der Waals surface area (Å²) < 4.78 is 0. The van der Waals surface area contributed by atoms with E-state index in [1.807, 2.05) is 53.4 Å². The monoisotopic (exact) mass is 392 g/mol. The van der Waals surface area contributed by atoms with Gasteiger partial charge >= 0.3 is 0 Å². The molecule has 0 spiro atoms. The molecule has 0 bridgehead atoms. The third-order valence-corrected chi connectivity index (χ3v) is 5.06. The summed E-state index contributed by atoms with van der Waals surface area (Å²) in [6.07, 6.45) is 1.68. The van der Waals surface area contributed by atoms with Gasteiger partial charge in [-0.25, -0.2) is 4.98 Å². The first-order chi connectivity index (χ1) is 13.7. The highest BCUT2D eigenvalue weighted by molar-refractivity contribution is 6.30. The fraction of sp³-hybridized carbons (Fsp3) is 0.182. The zero-order valence-corrected chi connectivity index (χ0v) is 16.1. The standard InChI is InChI=1S/C22H21ClN4O/c23-17-6-8-18(9-7-17)25-19-10-11-21(24-16-19)22(28)27-14-12-26(13-15-27)20-4-2-1-3-5-20/h1-11,16,25H,12-15H2. The molecule has 1 aliphatic heterocycles. The third-order valence-electron chi connectivity index (χ3n) is 4.80. The molecule has 0 radical (unpaired) electrons. The highest BCUT2D eigenvalue weighted by atomic mass is 35.5. The summed E-state index contributed by atoms with van der Waals surface area (Å²) in [7, 11) is 0. The van der Waals surface area contributed by atoms with Gasteiger partial charge in [0.2, 0.25) is 0 Å². The minimum atomic E-state index is -0.0224. The van der Waals surface area contributed by atoms with Gasteiger partial charge in [-0.15, -0.1) is 0 Å². The maximum Gasteiger partial charge on any atom is 0.272 e. The summed E-state index contributed by atoms with van der Waals surface area (Å²) in [4.78, 5) is 21.3. The number of aromatic nitrogens is 1. The smallest absolute Gasteiger partial charge is 0.272 e. The van der Waals surface area contributed by atoms with E-state index >= 15 is 0 Å². The van der Waals surface area contributed by atoms with E-state index < -0.39 is 0 Å². The van der Waals surface area contributed by atoms with Gasteiger partial charge in [-0.1, -0.05) is 29.8 Å². The zero-order chi connectivity index (χ0) is 19.3. The molecule has 1 saturated heterocycles. The van der Waals surface area contributed by atoms with Crippen LogP contribution in [0.15, 0.2) is 72.9 Å². The number of nitrogens with one attached hydrogen (secondary N) is 1. The van der Waals surface area contributed by atoms with Crippen LogP contribution >= 0.6 is 11.6 Å². The van der Waals surface area contributed by atoms with E-state index in [9.17, 15) is 4.79 Å². The molecule has 3 aromatic rings. The number of nitrogens with zero attached hydrogens (tertiary/aromatic N) is 3. The summed E-state index contributed by atoms with van der Waals surface area (Å²) in [5.74, 6) is -0.0224. The quantitative estimate of drug-likeness (QED) is 0.713. The lowest BCUT2D eigenvalue weighted by Crippen LogP contribution is -2.49. The fourth-order valence-corrected chi connectivity index (χ4v) is 3.39. The van der Waals surface area contributed by atoms with Crippen molar-refractivity contribution in [3.63, 3.8) is 0 Å². The van der Waals surface area contributed by atoms with E-state index in [0.717, 1.165) is 24.5 Å². The van der Waals surface area contributed by atoms with Gasteiger partial charge in [-0.3, -0.25) is 4.79 Å². The van der Waals surface area contributed by atoms with Crippen molar-refractivity contribution in [1.82, 2.24) is 9.88 Å². The average Bonchev–Trinajstić information content (AvgIpc) is 2.76. The van der Waals surface area contributed by atoms with Crippen LogP contribution < -0.4 is 10.2 Å². The second-order valence-corrected chi connectivity index (χ2v) is 7.12. The van der Waals surface area contributed by atoms with Crippen molar-refractivity contribution in [2.75, 3.05) is 36.4 Å². The second kappa shape index (κ2) is 8.31. The van der Waals surface area contributed by atoms with Crippen LogP contribution in [0.1, 0.15) is 10.5 Å². The Bertz CT molecular complexity index is 921. The second-order valence-electron chi connectivity index (χ2n) is 6.68. The van der Waals surface area contributed by atoms with Gasteiger partial charge in [-0.2, -0.15) is 0 Å². The zero-order valence-electron chi connectivity index (χ0n) is 15.4. The van der Waals surface area contributed by atoms with Crippen LogP contribution in [-0.4, -0.2) is 42.0 Å². The Balaban J connectivity index is 1.35. The van der Waals surface area contributed by atoms with E-state index in [0.29, 0.717) is 23.8 Å².